The number of nitrogens with two attached hydrogens (primary N) is 1. The number of anilines is 1. The standard InChI is InChI=1S/C21H29N5O5S2/c1-3-4-5-6-7-8-10-31-20(29)14-9-11-32-19-16(18(28)26(14)19)24-17(27)15(25-30-2)13-12-33-21(22)23-13/h9,12,16,19H,3-8,10-11H2,1-2H3,(H2,22,23)(H,24,27)/b25-15-/t16?,19-/m1/s1. The highest BCUT2D eigenvalue weighted by Crippen LogP contribution is 2.37. The summed E-state index contributed by atoms with van der Waals surface area (Å²) in [7, 11) is 1.31. The number of thioether (sulfide) groups is 1. The lowest BCUT2D eigenvalue weighted by Crippen LogP contribution is -2.70. The van der Waals surface area contributed by atoms with Crippen molar-refractivity contribution >= 4 is 51.7 Å². The summed E-state index contributed by atoms with van der Waals surface area (Å²) in [5.74, 6) is -0.962. The summed E-state index contributed by atoms with van der Waals surface area (Å²) >= 11 is 2.62. The molecule has 0 radical (unpaired) electrons. The molecule has 0 saturated carbocycles. The Balaban J connectivity index is 1.53. The number of nitrogens with zero attached hydrogens (tertiary/aromatic N) is 3. The molecule has 2 aliphatic rings. The van der Waals surface area contributed by atoms with Crippen molar-refractivity contribution in [2.45, 2.75) is 56.9 Å². The largest absolute Gasteiger partial charge is 0.461 e. The van der Waals surface area contributed by atoms with Crippen LogP contribution in [0.1, 0.15) is 51.1 Å². The molecule has 0 spiro atoms. The highest BCUT2D eigenvalue weighted by molar-refractivity contribution is 8.00. The Hall–Kier alpha value is -2.60. The number of nitrogen functional groups attached to an aromatic ring is 1. The number of nitrogens with one attached hydrogen (secondary N) is 1. The summed E-state index contributed by atoms with van der Waals surface area (Å²) < 4.78 is 5.38. The average Bonchev–Trinajstić information content (AvgIpc) is 3.25. The van der Waals surface area contributed by atoms with Crippen molar-refractivity contribution in [2.24, 2.45) is 5.16 Å². The number of thiazole rings is 1. The van der Waals surface area contributed by atoms with E-state index in [4.69, 9.17) is 15.3 Å². The molecule has 33 heavy (non-hydrogen) atoms. The van der Waals surface area contributed by atoms with Crippen molar-refractivity contribution < 1.29 is 24.0 Å². The van der Waals surface area contributed by atoms with E-state index in [2.05, 4.69) is 22.4 Å². The van der Waals surface area contributed by atoms with Crippen LogP contribution in [0.4, 0.5) is 5.13 Å². The van der Waals surface area contributed by atoms with E-state index in [1.807, 2.05) is 0 Å². The number of β-lactam (4-membered cyclic amide) rings is 1. The fourth-order valence-electron chi connectivity index (χ4n) is 3.55. The lowest BCUT2D eigenvalue weighted by Gasteiger charge is -2.48. The second-order valence-electron chi connectivity index (χ2n) is 7.57. The van der Waals surface area contributed by atoms with Gasteiger partial charge in [0.25, 0.3) is 11.8 Å². The van der Waals surface area contributed by atoms with Gasteiger partial charge in [-0.25, -0.2) is 9.78 Å². The first-order chi connectivity index (χ1) is 16.0. The Morgan fingerprint density at radius 1 is 1.30 bits per heavy atom. The van der Waals surface area contributed by atoms with E-state index in [9.17, 15) is 14.4 Å². The van der Waals surface area contributed by atoms with Gasteiger partial charge < -0.3 is 20.6 Å². The van der Waals surface area contributed by atoms with Gasteiger partial charge in [-0.05, 0) is 12.5 Å². The Kier molecular flexibility index (Phi) is 9.12. The Morgan fingerprint density at radius 3 is 2.76 bits per heavy atom. The average molecular weight is 496 g/mol. The van der Waals surface area contributed by atoms with Gasteiger partial charge in [-0.2, -0.15) is 0 Å². The molecule has 0 bridgehead atoms. The van der Waals surface area contributed by atoms with Crippen LogP contribution < -0.4 is 11.1 Å². The normalized spacial score (nSPS) is 19.9. The molecule has 2 atom stereocenters. The maximum atomic E-state index is 12.8. The number of fused-ring (bicyclic) bond motifs is 1. The van der Waals surface area contributed by atoms with Crippen LogP contribution in [0.25, 0.3) is 0 Å². The number of carbonyl (C=O) groups excluding carboxylic acids is 3. The maximum absolute atomic E-state index is 12.8. The zero-order valence-corrected chi connectivity index (χ0v) is 20.4. The zero-order chi connectivity index (χ0) is 23.8. The van der Waals surface area contributed by atoms with Crippen LogP contribution in [0, 0.1) is 0 Å². The molecule has 2 aliphatic heterocycles. The highest BCUT2D eigenvalue weighted by atomic mass is 32.2. The summed E-state index contributed by atoms with van der Waals surface area (Å²) in [5.41, 5.74) is 6.06. The minimum absolute atomic E-state index is 0.0772. The molecular weight excluding hydrogens is 466 g/mol. The summed E-state index contributed by atoms with van der Waals surface area (Å²) in [5, 5.41) is 7.88. The lowest BCUT2D eigenvalue weighted by atomic mass is 10.0. The first kappa shape index (κ1) is 25.0. The van der Waals surface area contributed by atoms with Crippen LogP contribution in [0.3, 0.4) is 0 Å². The molecule has 3 heterocycles. The van der Waals surface area contributed by atoms with E-state index >= 15 is 0 Å². The number of hydrogen-bond acceptors (Lipinski definition) is 10. The fourth-order valence-corrected chi connectivity index (χ4v) is 5.29. The second-order valence-corrected chi connectivity index (χ2v) is 9.61. The zero-order valence-electron chi connectivity index (χ0n) is 18.7. The lowest BCUT2D eigenvalue weighted by molar-refractivity contribution is -0.152. The van der Waals surface area contributed by atoms with Crippen molar-refractivity contribution in [3.05, 3.63) is 22.8 Å². The molecular formula is C21H29N5O5S2. The number of aromatic nitrogens is 1. The molecule has 0 aromatic carbocycles. The molecule has 3 N–H and O–H groups in total. The van der Waals surface area contributed by atoms with Crippen LogP contribution in [0.15, 0.2) is 22.3 Å². The van der Waals surface area contributed by atoms with Crippen molar-refractivity contribution in [3.8, 4) is 0 Å². The third-order valence-electron chi connectivity index (χ3n) is 5.24. The van der Waals surface area contributed by atoms with Crippen LogP contribution in [-0.2, 0) is 24.0 Å². The van der Waals surface area contributed by atoms with Gasteiger partial charge >= 0.3 is 5.97 Å². The highest BCUT2D eigenvalue weighted by Gasteiger charge is 2.53. The summed E-state index contributed by atoms with van der Waals surface area (Å²) in [6.45, 7) is 2.50. The maximum Gasteiger partial charge on any atom is 0.354 e. The van der Waals surface area contributed by atoms with Gasteiger partial charge in [-0.15, -0.1) is 23.1 Å². The fraction of sp³-hybridized carbons (Fsp3) is 0.571. The summed E-state index contributed by atoms with van der Waals surface area (Å²) in [6, 6.07) is -0.796. The van der Waals surface area contributed by atoms with Gasteiger partial charge in [0.2, 0.25) is 0 Å². The van der Waals surface area contributed by atoms with E-state index in [1.54, 1.807) is 11.5 Å². The van der Waals surface area contributed by atoms with Crippen LogP contribution in [-0.4, -0.2) is 64.3 Å². The number of hydrogen-bond donors (Lipinski definition) is 2. The minimum Gasteiger partial charge on any atom is -0.461 e. The summed E-state index contributed by atoms with van der Waals surface area (Å²) in [6.07, 6.45) is 8.23. The van der Waals surface area contributed by atoms with Gasteiger partial charge in [0.1, 0.15) is 29.9 Å². The van der Waals surface area contributed by atoms with E-state index in [0.29, 0.717) is 12.4 Å². The van der Waals surface area contributed by atoms with Gasteiger partial charge in [-0.1, -0.05) is 44.2 Å². The number of carbonyl (C=O) groups is 3. The molecule has 180 valence electrons. The third kappa shape index (κ3) is 6.05. The number of rotatable bonds is 12. The second kappa shape index (κ2) is 12.0. The van der Waals surface area contributed by atoms with Crippen LogP contribution in [0.5, 0.6) is 0 Å². The van der Waals surface area contributed by atoms with E-state index in [0.717, 1.165) is 30.6 Å². The molecule has 1 saturated heterocycles. The molecule has 1 aromatic heterocycles. The van der Waals surface area contributed by atoms with Crippen molar-refractivity contribution in [1.29, 1.82) is 0 Å². The molecule has 3 rings (SSSR count). The number of esters is 1. The first-order valence-corrected chi connectivity index (χ1v) is 12.9. The molecule has 10 nitrogen and oxygen atoms in total. The molecule has 0 aliphatic carbocycles. The van der Waals surface area contributed by atoms with Crippen molar-refractivity contribution in [1.82, 2.24) is 15.2 Å². The van der Waals surface area contributed by atoms with E-state index in [-0.39, 0.29) is 28.1 Å². The van der Waals surface area contributed by atoms with E-state index < -0.39 is 23.3 Å². The van der Waals surface area contributed by atoms with Crippen LogP contribution >= 0.6 is 23.1 Å². The number of unbranched alkanes of at least 4 members (excludes halogenated alkanes) is 5. The predicted octanol–water partition coefficient (Wildman–Crippen LogP) is 2.26. The van der Waals surface area contributed by atoms with Gasteiger partial charge in [0, 0.05) is 11.1 Å². The Bertz CT molecular complexity index is 932. The van der Waals surface area contributed by atoms with Crippen LogP contribution in [0.2, 0.25) is 0 Å². The Morgan fingerprint density at radius 2 is 2.06 bits per heavy atom. The smallest absolute Gasteiger partial charge is 0.354 e. The third-order valence-corrected chi connectivity index (χ3v) is 7.09. The molecule has 1 aromatic rings. The predicted molar refractivity (Wildman–Crippen MR) is 128 cm³/mol. The molecule has 1 fully saturated rings. The SMILES string of the molecule is CCCCCCCCOC(=O)C1=CCS[C@@H]2C(NC(=O)/C(=N\OC)c3csc(N)n3)C(=O)N12. The number of ether oxygens (including phenoxy) is 1. The van der Waals surface area contributed by atoms with Crippen molar-refractivity contribution in [3.63, 3.8) is 0 Å². The van der Waals surface area contributed by atoms with E-state index in [1.165, 1.54) is 43.0 Å². The first-order valence-electron chi connectivity index (χ1n) is 10.9. The topological polar surface area (TPSA) is 136 Å². The molecule has 1 unspecified atom stereocenters. The van der Waals surface area contributed by atoms with Gasteiger partial charge in [0.05, 0.1) is 6.61 Å². The van der Waals surface area contributed by atoms with Crippen molar-refractivity contribution in [2.75, 3.05) is 25.2 Å². The van der Waals surface area contributed by atoms with Gasteiger partial charge in [-0.3, -0.25) is 14.5 Å². The molecule has 2 amide bonds. The number of oxime groups is 1. The van der Waals surface area contributed by atoms with Gasteiger partial charge in [0.15, 0.2) is 10.8 Å². The number of amides is 2. The monoisotopic (exact) mass is 495 g/mol. The quantitative estimate of drug-likeness (QED) is 0.148. The summed E-state index contributed by atoms with van der Waals surface area (Å²) in [4.78, 5) is 48.3. The Labute approximate surface area is 200 Å². The minimum atomic E-state index is -0.796. The molecule has 12 heteroatoms.